The van der Waals surface area contributed by atoms with Crippen molar-refractivity contribution < 1.29 is 22.7 Å². The van der Waals surface area contributed by atoms with Crippen molar-refractivity contribution in [3.05, 3.63) is 69.4 Å². The standard InChI is InChI=1S/C17H11BrF3N3O2S/c18-12-6-11(7-22-8-12)15(25)24-16-23-9-14(27-16)5-10-1-3-13(4-2-10)26-17(19,20)21/h1-4,6-9H,5H2,(H,23,24,25). The van der Waals surface area contributed by atoms with Crippen LogP contribution in [0.5, 0.6) is 5.75 Å². The van der Waals surface area contributed by atoms with Gasteiger partial charge in [0.25, 0.3) is 5.91 Å². The zero-order chi connectivity index (χ0) is 19.4. The summed E-state index contributed by atoms with van der Waals surface area (Å²) in [4.78, 5) is 21.1. The maximum atomic E-state index is 12.2. The summed E-state index contributed by atoms with van der Waals surface area (Å²) >= 11 is 4.53. The van der Waals surface area contributed by atoms with Crippen LogP contribution >= 0.6 is 27.3 Å². The summed E-state index contributed by atoms with van der Waals surface area (Å²) in [6, 6.07) is 7.25. The molecule has 3 aromatic rings. The van der Waals surface area contributed by atoms with Gasteiger partial charge in [-0.05, 0) is 39.7 Å². The average Bonchev–Trinajstić information content (AvgIpc) is 3.02. The monoisotopic (exact) mass is 457 g/mol. The molecule has 1 N–H and O–H groups in total. The van der Waals surface area contributed by atoms with E-state index in [0.717, 1.165) is 10.4 Å². The lowest BCUT2D eigenvalue weighted by Gasteiger charge is -2.08. The van der Waals surface area contributed by atoms with Gasteiger partial charge in [0.2, 0.25) is 0 Å². The fourth-order valence-electron chi connectivity index (χ4n) is 2.16. The van der Waals surface area contributed by atoms with E-state index in [0.29, 0.717) is 21.6 Å². The highest BCUT2D eigenvalue weighted by Crippen LogP contribution is 2.25. The van der Waals surface area contributed by atoms with Crippen molar-refractivity contribution in [3.8, 4) is 5.75 Å². The number of anilines is 1. The van der Waals surface area contributed by atoms with Gasteiger partial charge in [-0.25, -0.2) is 4.98 Å². The highest BCUT2D eigenvalue weighted by Gasteiger charge is 2.30. The maximum Gasteiger partial charge on any atom is 0.573 e. The van der Waals surface area contributed by atoms with Gasteiger partial charge in [-0.1, -0.05) is 12.1 Å². The quantitative estimate of drug-likeness (QED) is 0.582. The minimum atomic E-state index is -4.71. The van der Waals surface area contributed by atoms with Gasteiger partial charge in [-0.15, -0.1) is 24.5 Å². The number of alkyl halides is 3. The van der Waals surface area contributed by atoms with Gasteiger partial charge in [-0.2, -0.15) is 0 Å². The molecule has 0 bridgehead atoms. The predicted molar refractivity (Wildman–Crippen MR) is 97.9 cm³/mol. The van der Waals surface area contributed by atoms with Crippen LogP contribution < -0.4 is 10.1 Å². The Balaban J connectivity index is 1.61. The normalized spacial score (nSPS) is 11.3. The van der Waals surface area contributed by atoms with E-state index in [4.69, 9.17) is 0 Å². The summed E-state index contributed by atoms with van der Waals surface area (Å²) in [5.41, 5.74) is 1.18. The Morgan fingerprint density at radius 3 is 2.59 bits per heavy atom. The first kappa shape index (κ1) is 19.3. The number of hydrogen-bond acceptors (Lipinski definition) is 5. The minimum absolute atomic E-state index is 0.272. The van der Waals surface area contributed by atoms with Gasteiger partial charge in [0, 0.05) is 34.4 Å². The lowest BCUT2D eigenvalue weighted by molar-refractivity contribution is -0.274. The van der Waals surface area contributed by atoms with Crippen molar-refractivity contribution in [1.29, 1.82) is 0 Å². The molecule has 5 nitrogen and oxygen atoms in total. The number of rotatable bonds is 5. The molecule has 0 aliphatic rings. The number of carbonyl (C=O) groups is 1. The van der Waals surface area contributed by atoms with Crippen LogP contribution in [0, 0.1) is 0 Å². The van der Waals surface area contributed by atoms with Crippen LogP contribution in [0.15, 0.2) is 53.4 Å². The molecule has 0 saturated heterocycles. The smallest absolute Gasteiger partial charge is 0.406 e. The highest BCUT2D eigenvalue weighted by atomic mass is 79.9. The Morgan fingerprint density at radius 1 is 1.19 bits per heavy atom. The first-order valence-corrected chi connectivity index (χ1v) is 9.11. The fraction of sp³-hybridized carbons (Fsp3) is 0.118. The first-order valence-electron chi connectivity index (χ1n) is 7.50. The van der Waals surface area contributed by atoms with E-state index >= 15 is 0 Å². The van der Waals surface area contributed by atoms with Gasteiger partial charge in [-0.3, -0.25) is 15.1 Å². The van der Waals surface area contributed by atoms with E-state index in [1.165, 1.54) is 29.7 Å². The van der Waals surface area contributed by atoms with E-state index in [9.17, 15) is 18.0 Å². The molecule has 27 heavy (non-hydrogen) atoms. The molecule has 0 radical (unpaired) electrons. The third kappa shape index (κ3) is 5.76. The zero-order valence-electron chi connectivity index (χ0n) is 13.5. The first-order chi connectivity index (χ1) is 12.8. The molecule has 0 aliphatic carbocycles. The number of ether oxygens (including phenoxy) is 1. The van der Waals surface area contributed by atoms with Crippen molar-refractivity contribution in [1.82, 2.24) is 9.97 Å². The number of nitrogens with one attached hydrogen (secondary N) is 1. The molecule has 10 heteroatoms. The topological polar surface area (TPSA) is 64.1 Å². The third-order valence-electron chi connectivity index (χ3n) is 3.28. The van der Waals surface area contributed by atoms with E-state index in [1.807, 2.05) is 0 Å². The summed E-state index contributed by atoms with van der Waals surface area (Å²) in [6.07, 6.45) is 0.385. The van der Waals surface area contributed by atoms with Crippen molar-refractivity contribution in [2.75, 3.05) is 5.32 Å². The number of halogens is 4. The second-order valence-electron chi connectivity index (χ2n) is 5.35. The highest BCUT2D eigenvalue weighted by molar-refractivity contribution is 9.10. The SMILES string of the molecule is O=C(Nc1ncc(Cc2ccc(OC(F)(F)F)cc2)s1)c1cncc(Br)c1. The van der Waals surface area contributed by atoms with E-state index < -0.39 is 6.36 Å². The second-order valence-corrected chi connectivity index (χ2v) is 7.38. The Labute approximate surface area is 164 Å². The molecule has 0 spiro atoms. The van der Waals surface area contributed by atoms with Crippen molar-refractivity contribution >= 4 is 38.3 Å². The van der Waals surface area contributed by atoms with Crippen molar-refractivity contribution in [2.24, 2.45) is 0 Å². The van der Waals surface area contributed by atoms with Crippen LogP contribution in [-0.2, 0) is 6.42 Å². The fourth-order valence-corrected chi connectivity index (χ4v) is 3.37. The minimum Gasteiger partial charge on any atom is -0.406 e. The summed E-state index contributed by atoms with van der Waals surface area (Å²) in [5, 5.41) is 3.11. The summed E-state index contributed by atoms with van der Waals surface area (Å²) in [6.45, 7) is 0. The Hall–Kier alpha value is -2.46. The molecular formula is C17H11BrF3N3O2S. The number of nitrogens with zero attached hydrogens (tertiary/aromatic N) is 2. The molecule has 1 amide bonds. The second kappa shape index (κ2) is 8.05. The largest absolute Gasteiger partial charge is 0.573 e. The number of aromatic nitrogens is 2. The van der Waals surface area contributed by atoms with Crippen molar-refractivity contribution in [3.63, 3.8) is 0 Å². The summed E-state index contributed by atoms with van der Waals surface area (Å²) < 4.78 is 41.0. The van der Waals surface area contributed by atoms with Crippen LogP contribution in [-0.4, -0.2) is 22.2 Å². The Morgan fingerprint density at radius 2 is 1.93 bits per heavy atom. The third-order valence-corrected chi connectivity index (χ3v) is 4.62. The molecule has 1 aromatic carbocycles. The van der Waals surface area contributed by atoms with Crippen LogP contribution in [0.3, 0.4) is 0 Å². The number of benzene rings is 1. The van der Waals surface area contributed by atoms with E-state index in [2.05, 4.69) is 36.0 Å². The number of hydrogen-bond donors (Lipinski definition) is 1. The number of pyridine rings is 1. The number of amides is 1. The van der Waals surface area contributed by atoms with Gasteiger partial charge in [0.1, 0.15) is 5.75 Å². The Bertz CT molecular complexity index is 945. The molecule has 3 rings (SSSR count). The predicted octanol–water partition coefficient (Wildman–Crippen LogP) is 5.04. The zero-order valence-corrected chi connectivity index (χ0v) is 15.9. The molecule has 2 aromatic heterocycles. The van der Waals surface area contributed by atoms with Gasteiger partial charge in [0.05, 0.1) is 5.56 Å². The number of carbonyl (C=O) groups excluding carboxylic acids is 1. The lowest BCUT2D eigenvalue weighted by Crippen LogP contribution is -2.17. The Kier molecular flexibility index (Phi) is 5.76. The average molecular weight is 458 g/mol. The molecular weight excluding hydrogens is 447 g/mol. The summed E-state index contributed by atoms with van der Waals surface area (Å²) in [7, 11) is 0. The molecule has 0 saturated carbocycles. The molecule has 2 heterocycles. The van der Waals surface area contributed by atoms with Crippen LogP contribution in [0.4, 0.5) is 18.3 Å². The molecule has 0 fully saturated rings. The molecule has 0 unspecified atom stereocenters. The summed E-state index contributed by atoms with van der Waals surface area (Å²) in [5.74, 6) is -0.607. The van der Waals surface area contributed by atoms with E-state index in [-0.39, 0.29) is 11.7 Å². The molecule has 140 valence electrons. The van der Waals surface area contributed by atoms with Crippen LogP contribution in [0.2, 0.25) is 0 Å². The number of thiazole rings is 1. The maximum absolute atomic E-state index is 12.2. The molecule has 0 atom stereocenters. The van der Waals surface area contributed by atoms with Gasteiger partial charge in [0.15, 0.2) is 5.13 Å². The van der Waals surface area contributed by atoms with Crippen molar-refractivity contribution in [2.45, 2.75) is 12.8 Å². The van der Waals surface area contributed by atoms with Crippen LogP contribution in [0.25, 0.3) is 0 Å². The van der Waals surface area contributed by atoms with Crippen LogP contribution in [0.1, 0.15) is 20.8 Å². The van der Waals surface area contributed by atoms with Gasteiger partial charge >= 0.3 is 6.36 Å². The lowest BCUT2D eigenvalue weighted by atomic mass is 10.1. The molecule has 0 aliphatic heterocycles. The van der Waals surface area contributed by atoms with Gasteiger partial charge < -0.3 is 4.74 Å². The van der Waals surface area contributed by atoms with E-state index in [1.54, 1.807) is 30.6 Å².